The molecule has 0 spiro atoms. The number of para-hydroxylation sites is 1. The summed E-state index contributed by atoms with van der Waals surface area (Å²) in [6.07, 6.45) is 4.35. The Kier molecular flexibility index (Phi) is 4.88. The van der Waals surface area contributed by atoms with E-state index in [0.29, 0.717) is 18.9 Å². The van der Waals surface area contributed by atoms with E-state index in [1.54, 1.807) is 6.26 Å². The van der Waals surface area contributed by atoms with Gasteiger partial charge in [-0.25, -0.2) is 4.79 Å². The first-order valence-electron chi connectivity index (χ1n) is 9.62. The van der Waals surface area contributed by atoms with Gasteiger partial charge < -0.3 is 14.6 Å². The molecule has 1 N–H and O–H groups in total. The second kappa shape index (κ2) is 7.47. The van der Waals surface area contributed by atoms with Crippen molar-refractivity contribution in [3.8, 4) is 0 Å². The summed E-state index contributed by atoms with van der Waals surface area (Å²) in [5.41, 5.74) is 2.13. The summed E-state index contributed by atoms with van der Waals surface area (Å²) in [7, 11) is 1.95. The number of urea groups is 1. The fourth-order valence-electron chi connectivity index (χ4n) is 4.00. The quantitative estimate of drug-likeness (QED) is 0.762. The number of rotatable bonds is 4. The molecule has 6 nitrogen and oxygen atoms in total. The molecule has 1 aliphatic heterocycles. The second-order valence-electron chi connectivity index (χ2n) is 7.42. The SMILES string of the molecule is CC1CCN(C(=O)NCCc2nn(C)c3ccccc23)C(c2ccco2)C1. The Hall–Kier alpha value is -2.76. The third-order valence-corrected chi connectivity index (χ3v) is 5.47. The zero-order valence-electron chi connectivity index (χ0n) is 15.9. The molecule has 1 fully saturated rings. The number of piperidine rings is 1. The molecule has 2 atom stereocenters. The van der Waals surface area contributed by atoms with Gasteiger partial charge in [0.25, 0.3) is 0 Å². The van der Waals surface area contributed by atoms with Crippen LogP contribution in [-0.2, 0) is 13.5 Å². The van der Waals surface area contributed by atoms with E-state index in [0.717, 1.165) is 41.7 Å². The van der Waals surface area contributed by atoms with Gasteiger partial charge in [-0.1, -0.05) is 25.1 Å². The van der Waals surface area contributed by atoms with Crippen LogP contribution in [0.5, 0.6) is 0 Å². The molecule has 2 aromatic heterocycles. The van der Waals surface area contributed by atoms with E-state index in [4.69, 9.17) is 4.42 Å². The topological polar surface area (TPSA) is 63.3 Å². The van der Waals surface area contributed by atoms with E-state index < -0.39 is 0 Å². The predicted molar refractivity (Wildman–Crippen MR) is 104 cm³/mol. The molecule has 0 bridgehead atoms. The minimum Gasteiger partial charge on any atom is -0.467 e. The van der Waals surface area contributed by atoms with Crippen molar-refractivity contribution in [2.75, 3.05) is 13.1 Å². The maximum atomic E-state index is 12.8. The summed E-state index contributed by atoms with van der Waals surface area (Å²) in [6, 6.07) is 12.0. The maximum Gasteiger partial charge on any atom is 0.318 e. The summed E-state index contributed by atoms with van der Waals surface area (Å²) in [4.78, 5) is 14.7. The third-order valence-electron chi connectivity index (χ3n) is 5.47. The molecular weight excluding hydrogens is 340 g/mol. The van der Waals surface area contributed by atoms with Crippen LogP contribution in [-0.4, -0.2) is 33.8 Å². The van der Waals surface area contributed by atoms with Crippen LogP contribution < -0.4 is 5.32 Å². The molecule has 4 rings (SSSR count). The second-order valence-corrected chi connectivity index (χ2v) is 7.42. The summed E-state index contributed by atoms with van der Waals surface area (Å²) in [6.45, 7) is 3.55. The van der Waals surface area contributed by atoms with Crippen molar-refractivity contribution < 1.29 is 9.21 Å². The Morgan fingerprint density at radius 3 is 2.96 bits per heavy atom. The highest BCUT2D eigenvalue weighted by Crippen LogP contribution is 2.34. The van der Waals surface area contributed by atoms with Crippen molar-refractivity contribution >= 4 is 16.9 Å². The fraction of sp³-hybridized carbons (Fsp3) is 0.429. The number of carbonyl (C=O) groups excluding carboxylic acids is 1. The first-order valence-corrected chi connectivity index (χ1v) is 9.62. The first kappa shape index (κ1) is 17.6. The minimum absolute atomic E-state index is 0.0134. The smallest absolute Gasteiger partial charge is 0.318 e. The molecule has 1 aliphatic rings. The number of fused-ring (bicyclic) bond motifs is 1. The number of aromatic nitrogens is 2. The van der Waals surface area contributed by atoms with Gasteiger partial charge in [-0.05, 0) is 37.0 Å². The van der Waals surface area contributed by atoms with Crippen LogP contribution in [0, 0.1) is 5.92 Å². The van der Waals surface area contributed by atoms with Gasteiger partial charge in [0.05, 0.1) is 23.5 Å². The Morgan fingerprint density at radius 2 is 2.15 bits per heavy atom. The lowest BCUT2D eigenvalue weighted by atomic mass is 9.91. The molecule has 3 aromatic rings. The number of benzene rings is 1. The van der Waals surface area contributed by atoms with Crippen LogP contribution in [0.3, 0.4) is 0 Å². The molecule has 6 heteroatoms. The number of furan rings is 1. The Morgan fingerprint density at radius 1 is 1.30 bits per heavy atom. The van der Waals surface area contributed by atoms with Crippen LogP contribution in [0.2, 0.25) is 0 Å². The van der Waals surface area contributed by atoms with Crippen molar-refractivity contribution in [3.63, 3.8) is 0 Å². The lowest BCUT2D eigenvalue weighted by Gasteiger charge is -2.37. The number of nitrogens with zero attached hydrogens (tertiary/aromatic N) is 3. The molecule has 1 aromatic carbocycles. The molecule has 3 heterocycles. The predicted octanol–water partition coefficient (Wildman–Crippen LogP) is 3.89. The van der Waals surface area contributed by atoms with Crippen molar-refractivity contribution in [3.05, 3.63) is 54.1 Å². The average Bonchev–Trinajstić information content (AvgIpc) is 3.31. The van der Waals surface area contributed by atoms with Crippen molar-refractivity contribution in [2.24, 2.45) is 13.0 Å². The molecule has 1 saturated heterocycles. The van der Waals surface area contributed by atoms with Gasteiger partial charge in [0.1, 0.15) is 5.76 Å². The highest BCUT2D eigenvalue weighted by Gasteiger charge is 2.32. The van der Waals surface area contributed by atoms with Crippen LogP contribution in [0.15, 0.2) is 47.1 Å². The standard InChI is InChI=1S/C21H26N4O2/c1-15-10-12-25(19(14-15)20-8-5-13-27-20)21(26)22-11-9-17-16-6-3-4-7-18(16)24(2)23-17/h3-8,13,15,19H,9-12,14H2,1-2H3,(H,22,26). The van der Waals surface area contributed by atoms with Gasteiger partial charge in [0, 0.05) is 31.9 Å². The van der Waals surface area contributed by atoms with Crippen LogP contribution in [0.4, 0.5) is 4.79 Å². The molecule has 0 saturated carbocycles. The normalized spacial score (nSPS) is 20.1. The average molecular weight is 366 g/mol. The number of hydrogen-bond donors (Lipinski definition) is 1. The summed E-state index contributed by atoms with van der Waals surface area (Å²) >= 11 is 0. The molecular formula is C21H26N4O2. The van der Waals surface area contributed by atoms with E-state index in [2.05, 4.69) is 29.5 Å². The molecule has 2 amide bonds. The number of likely N-dealkylation sites (tertiary alicyclic amines) is 1. The van der Waals surface area contributed by atoms with Gasteiger partial charge in [0.15, 0.2) is 0 Å². The van der Waals surface area contributed by atoms with E-state index in [1.807, 2.05) is 40.9 Å². The summed E-state index contributed by atoms with van der Waals surface area (Å²) < 4.78 is 7.49. The summed E-state index contributed by atoms with van der Waals surface area (Å²) in [5.74, 6) is 1.46. The molecule has 0 radical (unpaired) electrons. The van der Waals surface area contributed by atoms with E-state index >= 15 is 0 Å². The van der Waals surface area contributed by atoms with Crippen molar-refractivity contribution in [1.29, 1.82) is 0 Å². The Labute approximate surface area is 159 Å². The number of amides is 2. The molecule has 27 heavy (non-hydrogen) atoms. The zero-order chi connectivity index (χ0) is 18.8. The monoisotopic (exact) mass is 366 g/mol. The number of carbonyl (C=O) groups is 1. The zero-order valence-corrected chi connectivity index (χ0v) is 15.9. The minimum atomic E-state index is -0.0245. The van der Waals surface area contributed by atoms with Gasteiger partial charge in [-0.2, -0.15) is 5.10 Å². The molecule has 2 unspecified atom stereocenters. The largest absolute Gasteiger partial charge is 0.467 e. The summed E-state index contributed by atoms with van der Waals surface area (Å²) in [5, 5.41) is 8.83. The number of nitrogens with one attached hydrogen (secondary N) is 1. The number of aryl methyl sites for hydroxylation is 1. The van der Waals surface area contributed by atoms with Gasteiger partial charge in [-0.3, -0.25) is 4.68 Å². The highest BCUT2D eigenvalue weighted by atomic mass is 16.3. The first-order chi connectivity index (χ1) is 13.1. The van der Waals surface area contributed by atoms with Crippen LogP contribution in [0.25, 0.3) is 10.9 Å². The van der Waals surface area contributed by atoms with Crippen LogP contribution in [0.1, 0.15) is 37.3 Å². The Bertz CT molecular complexity index is 916. The fourth-order valence-corrected chi connectivity index (χ4v) is 4.00. The lowest BCUT2D eigenvalue weighted by Crippen LogP contribution is -2.46. The van der Waals surface area contributed by atoms with Gasteiger partial charge in [-0.15, -0.1) is 0 Å². The maximum absolute atomic E-state index is 12.8. The van der Waals surface area contributed by atoms with Crippen LogP contribution >= 0.6 is 0 Å². The number of hydrogen-bond acceptors (Lipinski definition) is 3. The molecule has 142 valence electrons. The van der Waals surface area contributed by atoms with E-state index in [-0.39, 0.29) is 12.1 Å². The highest BCUT2D eigenvalue weighted by molar-refractivity contribution is 5.82. The van der Waals surface area contributed by atoms with Crippen molar-refractivity contribution in [2.45, 2.75) is 32.2 Å². The van der Waals surface area contributed by atoms with Gasteiger partial charge in [0.2, 0.25) is 0 Å². The van der Waals surface area contributed by atoms with Gasteiger partial charge >= 0.3 is 6.03 Å². The van der Waals surface area contributed by atoms with E-state index in [1.165, 1.54) is 0 Å². The Balaban J connectivity index is 1.41. The lowest BCUT2D eigenvalue weighted by molar-refractivity contribution is 0.120. The van der Waals surface area contributed by atoms with E-state index in [9.17, 15) is 4.79 Å². The molecule has 0 aliphatic carbocycles. The third kappa shape index (κ3) is 3.56. The van der Waals surface area contributed by atoms with Crippen molar-refractivity contribution in [1.82, 2.24) is 20.0 Å².